The number of hydrogen-bond acceptors (Lipinski definition) is 3. The van der Waals surface area contributed by atoms with Crippen molar-refractivity contribution in [1.82, 2.24) is 4.90 Å². The normalized spacial score (nSPS) is 19.8. The second kappa shape index (κ2) is 6.99. The van der Waals surface area contributed by atoms with Crippen LogP contribution in [0.3, 0.4) is 0 Å². The lowest BCUT2D eigenvalue weighted by molar-refractivity contribution is 0.0826. The molecular weight excluding hydrogens is 282 g/mol. The molecule has 2 N–H and O–H groups in total. The molecule has 0 bridgehead atoms. The van der Waals surface area contributed by atoms with E-state index < -0.39 is 0 Å². The van der Waals surface area contributed by atoms with E-state index in [0.29, 0.717) is 5.92 Å². The number of hydrogen-bond donors (Lipinski definition) is 1. The van der Waals surface area contributed by atoms with Crippen molar-refractivity contribution in [2.24, 2.45) is 11.7 Å². The molecule has 0 aromatic heterocycles. The fourth-order valence-electron chi connectivity index (χ4n) is 3.40. The van der Waals surface area contributed by atoms with Gasteiger partial charge in [0.05, 0.1) is 0 Å². The number of nitrogens with two attached hydrogens (primary N) is 1. The van der Waals surface area contributed by atoms with Crippen LogP contribution in [0.25, 0.3) is 0 Å². The van der Waals surface area contributed by atoms with Gasteiger partial charge in [0.25, 0.3) is 0 Å². The minimum Gasteiger partial charge on any atom is -0.369 e. The third-order valence-electron chi connectivity index (χ3n) is 4.50. The highest BCUT2D eigenvalue weighted by Crippen LogP contribution is 2.26. The maximum atomic E-state index is 6.09. The lowest BCUT2D eigenvalue weighted by atomic mass is 9.88. The highest BCUT2D eigenvalue weighted by molar-refractivity contribution is 6.30. The van der Waals surface area contributed by atoms with Gasteiger partial charge in [0.1, 0.15) is 0 Å². The third kappa shape index (κ3) is 4.12. The molecule has 3 nitrogen and oxygen atoms in total. The summed E-state index contributed by atoms with van der Waals surface area (Å²) in [7, 11) is 0. The molecule has 0 saturated carbocycles. The maximum Gasteiger partial charge on any atom is 0.0426 e. The summed E-state index contributed by atoms with van der Waals surface area (Å²) in [6.07, 6.45) is 1.15. The first-order valence-electron chi connectivity index (χ1n) is 7.90. The predicted octanol–water partition coefficient (Wildman–Crippen LogP) is 3.23. The van der Waals surface area contributed by atoms with Crippen molar-refractivity contribution >= 4 is 17.3 Å². The Hall–Kier alpha value is -0.770. The van der Waals surface area contributed by atoms with Crippen LogP contribution in [-0.2, 0) is 0 Å². The lowest BCUT2D eigenvalue weighted by Gasteiger charge is -2.47. The summed E-state index contributed by atoms with van der Waals surface area (Å²) >= 11 is 6.09. The van der Waals surface area contributed by atoms with Gasteiger partial charge in [0, 0.05) is 49.0 Å². The zero-order valence-electron chi connectivity index (χ0n) is 13.5. The summed E-state index contributed by atoms with van der Waals surface area (Å²) < 4.78 is 0. The van der Waals surface area contributed by atoms with Gasteiger partial charge in [-0.1, -0.05) is 31.5 Å². The smallest absolute Gasteiger partial charge is 0.0426 e. The van der Waals surface area contributed by atoms with Crippen molar-refractivity contribution < 1.29 is 0 Å². The predicted molar refractivity (Wildman–Crippen MR) is 92.2 cm³/mol. The van der Waals surface area contributed by atoms with Crippen molar-refractivity contribution in [1.29, 1.82) is 0 Å². The molecule has 21 heavy (non-hydrogen) atoms. The van der Waals surface area contributed by atoms with E-state index in [1.165, 1.54) is 5.69 Å². The SMILES string of the molecule is CC(C)CC(C)(CN)N1CCN(c2cccc(Cl)c2)CC1. The monoisotopic (exact) mass is 309 g/mol. The van der Waals surface area contributed by atoms with Gasteiger partial charge in [-0.05, 0) is 37.5 Å². The molecule has 0 aliphatic carbocycles. The van der Waals surface area contributed by atoms with Crippen LogP contribution >= 0.6 is 11.6 Å². The lowest BCUT2D eigenvalue weighted by Crippen LogP contribution is -2.59. The molecule has 4 heteroatoms. The van der Waals surface area contributed by atoms with E-state index in [0.717, 1.165) is 44.2 Å². The third-order valence-corrected chi connectivity index (χ3v) is 4.74. The summed E-state index contributed by atoms with van der Waals surface area (Å²) in [4.78, 5) is 4.97. The van der Waals surface area contributed by atoms with Crippen LogP contribution < -0.4 is 10.6 Å². The quantitative estimate of drug-likeness (QED) is 0.906. The van der Waals surface area contributed by atoms with Crippen LogP contribution in [0, 0.1) is 5.92 Å². The Morgan fingerprint density at radius 1 is 1.24 bits per heavy atom. The van der Waals surface area contributed by atoms with Crippen molar-refractivity contribution in [3.05, 3.63) is 29.3 Å². The Morgan fingerprint density at radius 3 is 2.43 bits per heavy atom. The van der Waals surface area contributed by atoms with Crippen LogP contribution in [0.5, 0.6) is 0 Å². The second-order valence-corrected chi connectivity index (χ2v) is 7.19. The first kappa shape index (κ1) is 16.6. The second-order valence-electron chi connectivity index (χ2n) is 6.75. The Balaban J connectivity index is 1.99. The Labute approximate surface area is 134 Å². The molecule has 118 valence electrons. The Kier molecular flexibility index (Phi) is 5.53. The molecule has 1 aliphatic rings. The molecule has 1 unspecified atom stereocenters. The Morgan fingerprint density at radius 2 is 1.90 bits per heavy atom. The zero-order chi connectivity index (χ0) is 15.5. The molecule has 0 radical (unpaired) electrons. The van der Waals surface area contributed by atoms with E-state index in [-0.39, 0.29) is 5.54 Å². The van der Waals surface area contributed by atoms with E-state index in [1.54, 1.807) is 0 Å². The van der Waals surface area contributed by atoms with Gasteiger partial charge >= 0.3 is 0 Å². The molecule has 1 atom stereocenters. The highest BCUT2D eigenvalue weighted by atomic mass is 35.5. The average molecular weight is 310 g/mol. The fraction of sp³-hybridized carbons (Fsp3) is 0.647. The highest BCUT2D eigenvalue weighted by Gasteiger charge is 2.33. The van der Waals surface area contributed by atoms with Gasteiger partial charge in [-0.25, -0.2) is 0 Å². The molecule has 1 aromatic carbocycles. The summed E-state index contributed by atoms with van der Waals surface area (Å²) in [6.45, 7) is 11.8. The first-order chi connectivity index (χ1) is 9.94. The molecule has 1 heterocycles. The molecule has 0 amide bonds. The number of piperazine rings is 1. The van der Waals surface area contributed by atoms with Crippen molar-refractivity contribution in [2.75, 3.05) is 37.6 Å². The van der Waals surface area contributed by atoms with E-state index in [9.17, 15) is 0 Å². The maximum absolute atomic E-state index is 6.09. The number of halogens is 1. The number of benzene rings is 1. The number of rotatable bonds is 5. The van der Waals surface area contributed by atoms with Crippen LogP contribution in [0.4, 0.5) is 5.69 Å². The largest absolute Gasteiger partial charge is 0.369 e. The summed E-state index contributed by atoms with van der Waals surface area (Å²) in [5, 5.41) is 0.807. The van der Waals surface area contributed by atoms with E-state index in [2.05, 4.69) is 36.6 Å². The Bertz CT molecular complexity index is 455. The summed E-state index contributed by atoms with van der Waals surface area (Å²) in [5.74, 6) is 0.671. The molecular formula is C17H28ClN3. The minimum atomic E-state index is 0.120. The first-order valence-corrected chi connectivity index (χ1v) is 8.28. The van der Waals surface area contributed by atoms with Gasteiger partial charge in [-0.2, -0.15) is 0 Å². The molecule has 0 spiro atoms. The summed E-state index contributed by atoms with van der Waals surface area (Å²) in [5.41, 5.74) is 7.42. The van der Waals surface area contributed by atoms with Crippen LogP contribution in [0.1, 0.15) is 27.2 Å². The average Bonchev–Trinajstić information content (AvgIpc) is 2.46. The van der Waals surface area contributed by atoms with E-state index >= 15 is 0 Å². The van der Waals surface area contributed by atoms with Crippen molar-refractivity contribution in [3.8, 4) is 0 Å². The van der Waals surface area contributed by atoms with Crippen LogP contribution in [0.2, 0.25) is 5.02 Å². The van der Waals surface area contributed by atoms with Gasteiger partial charge < -0.3 is 10.6 Å². The molecule has 1 aromatic rings. The van der Waals surface area contributed by atoms with Gasteiger partial charge in [-0.3, -0.25) is 4.90 Å². The van der Waals surface area contributed by atoms with E-state index in [4.69, 9.17) is 17.3 Å². The fourth-order valence-corrected chi connectivity index (χ4v) is 3.58. The topological polar surface area (TPSA) is 32.5 Å². The van der Waals surface area contributed by atoms with Crippen molar-refractivity contribution in [2.45, 2.75) is 32.7 Å². The molecule has 2 rings (SSSR count). The summed E-state index contributed by atoms with van der Waals surface area (Å²) in [6, 6.07) is 8.13. The molecule has 1 aliphatic heterocycles. The number of nitrogens with zero attached hydrogens (tertiary/aromatic N) is 2. The zero-order valence-corrected chi connectivity index (χ0v) is 14.2. The van der Waals surface area contributed by atoms with Crippen LogP contribution in [-0.4, -0.2) is 43.2 Å². The van der Waals surface area contributed by atoms with Crippen LogP contribution in [0.15, 0.2) is 24.3 Å². The standard InChI is InChI=1S/C17H28ClN3/c1-14(2)12-17(3,13-19)21-9-7-20(8-10-21)16-6-4-5-15(18)11-16/h4-6,11,14H,7-10,12-13,19H2,1-3H3. The van der Waals surface area contributed by atoms with Gasteiger partial charge in [0.15, 0.2) is 0 Å². The number of anilines is 1. The van der Waals surface area contributed by atoms with Gasteiger partial charge in [0.2, 0.25) is 0 Å². The minimum absolute atomic E-state index is 0.120. The van der Waals surface area contributed by atoms with Crippen molar-refractivity contribution in [3.63, 3.8) is 0 Å². The molecule has 1 saturated heterocycles. The van der Waals surface area contributed by atoms with E-state index in [1.807, 2.05) is 18.2 Å². The molecule has 1 fully saturated rings. The van der Waals surface area contributed by atoms with Gasteiger partial charge in [-0.15, -0.1) is 0 Å².